The van der Waals surface area contributed by atoms with Crippen molar-refractivity contribution in [3.05, 3.63) is 42.1 Å². The number of benzene rings is 1. The minimum Gasteiger partial charge on any atom is -0.473 e. The van der Waals surface area contributed by atoms with Crippen LogP contribution in [-0.4, -0.2) is 67.7 Å². The van der Waals surface area contributed by atoms with Gasteiger partial charge in [0.2, 0.25) is 5.88 Å². The monoisotopic (exact) mass is 554 g/mol. The summed E-state index contributed by atoms with van der Waals surface area (Å²) in [4.78, 5) is 23.2. The second kappa shape index (κ2) is 7.60. The van der Waals surface area contributed by atoms with Gasteiger partial charge in [-0.05, 0) is 34.1 Å². The summed E-state index contributed by atoms with van der Waals surface area (Å²) in [5.74, 6) is -0.0279. The van der Waals surface area contributed by atoms with Gasteiger partial charge in [0.1, 0.15) is 29.3 Å². The molecule has 0 N–H and O–H groups in total. The Bertz CT molecular complexity index is 1450. The van der Waals surface area contributed by atoms with Crippen LogP contribution in [0, 0.1) is 34.4 Å². The van der Waals surface area contributed by atoms with Crippen LogP contribution in [0.4, 0.5) is 9.18 Å². The molecule has 3 aromatic rings. The Hall–Kier alpha value is -3.30. The first-order chi connectivity index (χ1) is 17.4. The zero-order valence-electron chi connectivity index (χ0n) is 18.9. The molecule has 12 heteroatoms. The molecule has 1 aromatic carbocycles. The minimum atomic E-state index is -0.582. The molecule has 4 fully saturated rings. The largest absolute Gasteiger partial charge is 0.473 e. The van der Waals surface area contributed by atoms with E-state index in [1.165, 1.54) is 23.1 Å². The summed E-state index contributed by atoms with van der Waals surface area (Å²) >= 11 is 3.47. The molecular formula is C24H20BrFN6O4. The van der Waals surface area contributed by atoms with E-state index in [4.69, 9.17) is 19.5 Å². The molecule has 4 atom stereocenters. The third kappa shape index (κ3) is 3.15. The number of carbonyl (C=O) groups is 1. The zero-order valence-corrected chi connectivity index (χ0v) is 20.5. The second-order valence-electron chi connectivity index (χ2n) is 9.93. The number of nitriles is 1. The molecular weight excluding hydrogens is 535 g/mol. The molecule has 1 amide bonds. The van der Waals surface area contributed by atoms with Crippen LogP contribution in [0.15, 0.2) is 30.7 Å². The van der Waals surface area contributed by atoms with E-state index in [0.717, 1.165) is 18.9 Å². The summed E-state index contributed by atoms with van der Waals surface area (Å²) in [6, 6.07) is 6.09. The number of halogens is 2. The molecule has 4 unspecified atom stereocenters. The maximum Gasteiger partial charge on any atom is 0.411 e. The van der Waals surface area contributed by atoms with Gasteiger partial charge in [-0.2, -0.15) is 10.4 Å². The van der Waals surface area contributed by atoms with Gasteiger partial charge in [0.15, 0.2) is 10.2 Å². The van der Waals surface area contributed by atoms with E-state index in [1.807, 2.05) is 6.07 Å². The number of likely N-dealkylation sites (tertiary alicyclic amines) is 1. The van der Waals surface area contributed by atoms with Crippen LogP contribution in [-0.2, 0) is 9.47 Å². The molecule has 2 aliphatic carbocycles. The number of hydrogen-bond acceptors (Lipinski definition) is 8. The highest BCUT2D eigenvalue weighted by atomic mass is 79.9. The van der Waals surface area contributed by atoms with Gasteiger partial charge >= 0.3 is 6.09 Å². The quantitative estimate of drug-likeness (QED) is 0.451. The number of carbonyl (C=O) groups excluding carboxylic acids is 1. The van der Waals surface area contributed by atoms with E-state index in [1.54, 1.807) is 11.1 Å². The summed E-state index contributed by atoms with van der Waals surface area (Å²) in [5, 5.41) is 13.9. The SMILES string of the molecule is N#Cc1ccc(-n2ncc3c(OC4C5COCC56CN(C(=O)OC5(Br)CC5)CC46)ncnc32)c(F)c1. The van der Waals surface area contributed by atoms with Gasteiger partial charge in [-0.15, -0.1) is 0 Å². The van der Waals surface area contributed by atoms with Crippen LogP contribution in [0.1, 0.15) is 18.4 Å². The molecule has 184 valence electrons. The standard InChI is InChI=1S/C24H20BrFN6O4/c25-24(3-4-24)36-22(33)31-8-15-19(16-9-34-11-23(15,16)10-31)35-21-14-7-30-32(20(14)28-12-29-21)18-2-1-13(6-27)5-17(18)26/h1-2,5,7,12,15-16,19H,3-4,8-11H2. The zero-order chi connectivity index (χ0) is 24.7. The molecule has 2 aliphatic heterocycles. The molecule has 0 radical (unpaired) electrons. The average Bonchev–Trinajstić information content (AvgIpc) is 3.22. The minimum absolute atomic E-state index is 0.0825. The lowest BCUT2D eigenvalue weighted by Crippen LogP contribution is -2.61. The Kier molecular flexibility index (Phi) is 4.63. The maximum absolute atomic E-state index is 14.7. The summed E-state index contributed by atoms with van der Waals surface area (Å²) in [7, 11) is 0. The number of ether oxygens (including phenoxy) is 3. The van der Waals surface area contributed by atoms with Crippen molar-refractivity contribution in [3.8, 4) is 17.6 Å². The lowest BCUT2D eigenvalue weighted by Gasteiger charge is -2.51. The Morgan fingerprint density at radius 1 is 1.31 bits per heavy atom. The Balaban J connectivity index is 1.16. The van der Waals surface area contributed by atoms with Crippen LogP contribution < -0.4 is 4.74 Å². The first-order valence-corrected chi connectivity index (χ1v) is 12.5. The molecule has 36 heavy (non-hydrogen) atoms. The van der Waals surface area contributed by atoms with Crippen LogP contribution >= 0.6 is 15.9 Å². The van der Waals surface area contributed by atoms with Crippen LogP contribution in [0.2, 0.25) is 0 Å². The van der Waals surface area contributed by atoms with Crippen molar-refractivity contribution in [2.45, 2.75) is 23.5 Å². The third-order valence-corrected chi connectivity index (χ3v) is 8.85. The first kappa shape index (κ1) is 21.9. The number of amides is 1. The fraction of sp³-hybridized carbons (Fsp3) is 0.458. The Morgan fingerprint density at radius 3 is 2.94 bits per heavy atom. The van der Waals surface area contributed by atoms with Gasteiger partial charge in [-0.3, -0.25) is 0 Å². The summed E-state index contributed by atoms with van der Waals surface area (Å²) in [6.07, 6.45) is 4.04. The van der Waals surface area contributed by atoms with E-state index < -0.39 is 10.3 Å². The summed E-state index contributed by atoms with van der Waals surface area (Å²) < 4.78 is 33.4. The van der Waals surface area contributed by atoms with Gasteiger partial charge in [0.05, 0.1) is 31.0 Å². The highest BCUT2D eigenvalue weighted by Gasteiger charge is 2.70. The number of nitrogens with zero attached hydrogens (tertiary/aromatic N) is 6. The van der Waals surface area contributed by atoms with Crippen molar-refractivity contribution in [3.63, 3.8) is 0 Å². The number of hydrogen-bond donors (Lipinski definition) is 0. The van der Waals surface area contributed by atoms with Crippen molar-refractivity contribution in [1.82, 2.24) is 24.6 Å². The van der Waals surface area contributed by atoms with Crippen molar-refractivity contribution >= 4 is 33.1 Å². The van der Waals surface area contributed by atoms with Crippen molar-refractivity contribution < 1.29 is 23.4 Å². The number of fused-ring (bicyclic) bond motifs is 1. The Morgan fingerprint density at radius 2 is 2.17 bits per heavy atom. The highest BCUT2D eigenvalue weighted by molar-refractivity contribution is 9.10. The number of alkyl halides is 1. The second-order valence-corrected chi connectivity index (χ2v) is 11.4. The molecule has 10 nitrogen and oxygen atoms in total. The number of rotatable bonds is 4. The summed E-state index contributed by atoms with van der Waals surface area (Å²) in [6.45, 7) is 2.24. The van der Waals surface area contributed by atoms with Gasteiger partial charge in [-0.1, -0.05) is 0 Å². The van der Waals surface area contributed by atoms with Crippen LogP contribution in [0.25, 0.3) is 16.7 Å². The lowest BCUT2D eigenvalue weighted by atomic mass is 9.54. The van der Waals surface area contributed by atoms with Crippen molar-refractivity contribution in [1.29, 1.82) is 5.26 Å². The van der Waals surface area contributed by atoms with Crippen molar-refractivity contribution in [2.75, 3.05) is 26.3 Å². The highest BCUT2D eigenvalue weighted by Crippen LogP contribution is 2.61. The fourth-order valence-electron chi connectivity index (χ4n) is 5.86. The van der Waals surface area contributed by atoms with Gasteiger partial charge < -0.3 is 19.1 Å². The van der Waals surface area contributed by atoms with E-state index in [-0.39, 0.29) is 40.7 Å². The molecule has 1 spiro atoms. The predicted octanol–water partition coefficient (Wildman–Crippen LogP) is 3.17. The van der Waals surface area contributed by atoms with E-state index in [0.29, 0.717) is 43.2 Å². The number of aromatic nitrogens is 4. The predicted molar refractivity (Wildman–Crippen MR) is 125 cm³/mol. The van der Waals surface area contributed by atoms with E-state index >= 15 is 0 Å². The summed E-state index contributed by atoms with van der Waals surface area (Å²) in [5.41, 5.74) is 0.636. The molecule has 4 aliphatic rings. The normalized spacial score (nSPS) is 29.2. The lowest BCUT2D eigenvalue weighted by molar-refractivity contribution is -0.101. The van der Waals surface area contributed by atoms with Gasteiger partial charge in [-0.25, -0.2) is 23.8 Å². The van der Waals surface area contributed by atoms with E-state index in [2.05, 4.69) is 31.0 Å². The molecule has 2 saturated carbocycles. The van der Waals surface area contributed by atoms with Gasteiger partial charge in [0, 0.05) is 43.2 Å². The van der Waals surface area contributed by atoms with E-state index in [9.17, 15) is 9.18 Å². The fourth-order valence-corrected chi connectivity index (χ4v) is 6.20. The Labute approximate surface area is 213 Å². The van der Waals surface area contributed by atoms with Crippen LogP contribution in [0.3, 0.4) is 0 Å². The van der Waals surface area contributed by atoms with Gasteiger partial charge in [0.25, 0.3) is 0 Å². The smallest absolute Gasteiger partial charge is 0.411 e. The molecule has 2 aromatic heterocycles. The molecule has 0 bridgehead atoms. The van der Waals surface area contributed by atoms with Crippen LogP contribution in [0.5, 0.6) is 5.88 Å². The average molecular weight is 555 g/mol. The first-order valence-electron chi connectivity index (χ1n) is 11.7. The molecule has 4 heterocycles. The third-order valence-electron chi connectivity index (χ3n) is 7.89. The van der Waals surface area contributed by atoms with Crippen molar-refractivity contribution in [2.24, 2.45) is 17.3 Å². The topological polar surface area (TPSA) is 115 Å². The maximum atomic E-state index is 14.7. The molecule has 2 saturated heterocycles. The molecule has 7 rings (SSSR count).